The Hall–Kier alpha value is -1.83. The molecule has 1 fully saturated rings. The topological polar surface area (TPSA) is 45.7 Å². The number of fused-ring (bicyclic) bond motifs is 1. The first kappa shape index (κ1) is 16.6. The van der Waals surface area contributed by atoms with Gasteiger partial charge in [0.1, 0.15) is 11.3 Å². The Bertz CT molecular complexity index is 902. The van der Waals surface area contributed by atoms with E-state index in [0.717, 1.165) is 39.1 Å². The standard InChI is InChI=1S/C17H16ClN3O2S2/c1-23-12-5-4-11(18)15-14(12)19-17(25-15)21-8-6-20(7-9-21)16(22)13-3-2-10-24-13/h2-5,10H,6-9H2,1H3. The van der Waals surface area contributed by atoms with Crippen LogP contribution in [-0.2, 0) is 0 Å². The number of amides is 1. The fourth-order valence-electron chi connectivity index (χ4n) is 2.90. The summed E-state index contributed by atoms with van der Waals surface area (Å²) in [7, 11) is 1.64. The molecule has 1 aliphatic rings. The summed E-state index contributed by atoms with van der Waals surface area (Å²) in [5, 5.41) is 3.54. The molecule has 2 aromatic heterocycles. The fraction of sp³-hybridized carbons (Fsp3) is 0.294. The Labute approximate surface area is 158 Å². The van der Waals surface area contributed by atoms with Crippen molar-refractivity contribution in [1.82, 2.24) is 9.88 Å². The molecular weight excluding hydrogens is 378 g/mol. The number of aromatic nitrogens is 1. The molecule has 0 radical (unpaired) electrons. The number of halogens is 1. The van der Waals surface area contributed by atoms with Gasteiger partial charge in [0.05, 0.1) is 21.7 Å². The molecule has 0 bridgehead atoms. The van der Waals surface area contributed by atoms with Crippen LogP contribution in [-0.4, -0.2) is 49.1 Å². The molecule has 0 unspecified atom stereocenters. The SMILES string of the molecule is COc1ccc(Cl)c2sc(N3CCN(C(=O)c4cccs4)CC3)nc12. The molecule has 3 aromatic rings. The second-order valence-electron chi connectivity index (χ2n) is 5.68. The summed E-state index contributed by atoms with van der Waals surface area (Å²) < 4.78 is 6.33. The maximum absolute atomic E-state index is 12.4. The Balaban J connectivity index is 1.52. The second-order valence-corrected chi connectivity index (χ2v) is 8.01. The molecule has 25 heavy (non-hydrogen) atoms. The predicted octanol–water partition coefficient (Wildman–Crippen LogP) is 3.98. The number of carbonyl (C=O) groups is 1. The highest BCUT2D eigenvalue weighted by Gasteiger charge is 2.25. The van der Waals surface area contributed by atoms with Crippen LogP contribution in [0.1, 0.15) is 9.67 Å². The van der Waals surface area contributed by atoms with E-state index < -0.39 is 0 Å². The van der Waals surface area contributed by atoms with Crippen LogP contribution in [0.25, 0.3) is 10.2 Å². The molecule has 1 amide bonds. The third kappa shape index (κ3) is 3.07. The third-order valence-corrected chi connectivity index (χ3v) is 6.67. The van der Waals surface area contributed by atoms with Crippen molar-refractivity contribution >= 4 is 55.5 Å². The zero-order chi connectivity index (χ0) is 17.4. The van der Waals surface area contributed by atoms with E-state index in [1.165, 1.54) is 11.3 Å². The van der Waals surface area contributed by atoms with E-state index in [-0.39, 0.29) is 5.91 Å². The first-order valence-corrected chi connectivity index (χ1v) is 9.95. The average Bonchev–Trinajstić information content (AvgIpc) is 3.32. The number of hydrogen-bond acceptors (Lipinski definition) is 6. The Morgan fingerprint density at radius 2 is 2.04 bits per heavy atom. The number of rotatable bonds is 3. The zero-order valence-electron chi connectivity index (χ0n) is 13.6. The molecule has 0 saturated carbocycles. The van der Waals surface area contributed by atoms with Crippen LogP contribution >= 0.6 is 34.3 Å². The maximum atomic E-state index is 12.4. The average molecular weight is 394 g/mol. The van der Waals surface area contributed by atoms with Crippen LogP contribution in [0.2, 0.25) is 5.02 Å². The van der Waals surface area contributed by atoms with Gasteiger partial charge in [-0.2, -0.15) is 0 Å². The lowest BCUT2D eigenvalue weighted by atomic mass is 10.3. The van der Waals surface area contributed by atoms with Crippen molar-refractivity contribution < 1.29 is 9.53 Å². The molecule has 5 nitrogen and oxygen atoms in total. The van der Waals surface area contributed by atoms with E-state index in [4.69, 9.17) is 21.3 Å². The Kier molecular flexibility index (Phi) is 4.54. The molecule has 0 aliphatic carbocycles. The lowest BCUT2D eigenvalue weighted by Crippen LogP contribution is -2.48. The highest BCUT2D eigenvalue weighted by Crippen LogP contribution is 2.38. The quantitative estimate of drug-likeness (QED) is 0.675. The number of benzene rings is 1. The van der Waals surface area contributed by atoms with Crippen molar-refractivity contribution in [2.45, 2.75) is 0 Å². The summed E-state index contributed by atoms with van der Waals surface area (Å²) in [6.07, 6.45) is 0. The highest BCUT2D eigenvalue weighted by atomic mass is 35.5. The van der Waals surface area contributed by atoms with E-state index in [2.05, 4.69) is 4.90 Å². The van der Waals surface area contributed by atoms with Crippen molar-refractivity contribution in [1.29, 1.82) is 0 Å². The minimum absolute atomic E-state index is 0.115. The van der Waals surface area contributed by atoms with Crippen LogP contribution in [0.4, 0.5) is 5.13 Å². The highest BCUT2D eigenvalue weighted by molar-refractivity contribution is 7.22. The molecule has 1 aliphatic heterocycles. The zero-order valence-corrected chi connectivity index (χ0v) is 16.0. The Morgan fingerprint density at radius 3 is 2.72 bits per heavy atom. The first-order chi connectivity index (χ1) is 12.2. The van der Waals surface area contributed by atoms with Gasteiger partial charge >= 0.3 is 0 Å². The lowest BCUT2D eigenvalue weighted by Gasteiger charge is -2.34. The third-order valence-electron chi connectivity index (χ3n) is 4.24. The summed E-state index contributed by atoms with van der Waals surface area (Å²) in [4.78, 5) is 22.1. The maximum Gasteiger partial charge on any atom is 0.264 e. The van der Waals surface area contributed by atoms with Crippen LogP contribution in [0, 0.1) is 0 Å². The van der Waals surface area contributed by atoms with Crippen LogP contribution < -0.4 is 9.64 Å². The fourth-order valence-corrected chi connectivity index (χ4v) is 4.90. The first-order valence-electron chi connectivity index (χ1n) is 7.88. The summed E-state index contributed by atoms with van der Waals surface area (Å²) in [5.74, 6) is 0.845. The van der Waals surface area contributed by atoms with Gasteiger partial charge < -0.3 is 14.5 Å². The van der Waals surface area contributed by atoms with Gasteiger partial charge in [0.2, 0.25) is 0 Å². The molecule has 3 heterocycles. The van der Waals surface area contributed by atoms with E-state index in [9.17, 15) is 4.79 Å². The number of ether oxygens (including phenoxy) is 1. The smallest absolute Gasteiger partial charge is 0.264 e. The summed E-state index contributed by atoms with van der Waals surface area (Å²) >= 11 is 9.36. The minimum atomic E-state index is 0.115. The van der Waals surface area contributed by atoms with Crippen LogP contribution in [0.15, 0.2) is 29.6 Å². The molecular formula is C17H16ClN3O2S2. The van der Waals surface area contributed by atoms with Gasteiger partial charge in [0.25, 0.3) is 5.91 Å². The van der Waals surface area contributed by atoms with E-state index in [1.54, 1.807) is 18.4 Å². The second kappa shape index (κ2) is 6.82. The molecule has 4 rings (SSSR count). The number of anilines is 1. The van der Waals surface area contributed by atoms with E-state index >= 15 is 0 Å². The number of carbonyl (C=O) groups excluding carboxylic acids is 1. The Morgan fingerprint density at radius 1 is 1.24 bits per heavy atom. The van der Waals surface area contributed by atoms with E-state index in [1.807, 2.05) is 34.5 Å². The lowest BCUT2D eigenvalue weighted by molar-refractivity contribution is 0.0751. The van der Waals surface area contributed by atoms with Gasteiger partial charge in [-0.3, -0.25) is 4.79 Å². The largest absolute Gasteiger partial charge is 0.494 e. The molecule has 8 heteroatoms. The molecule has 0 spiro atoms. The number of methoxy groups -OCH3 is 1. The number of thiazole rings is 1. The van der Waals surface area contributed by atoms with Crippen molar-refractivity contribution in [2.24, 2.45) is 0 Å². The molecule has 0 N–H and O–H groups in total. The molecule has 1 saturated heterocycles. The number of nitrogens with zero attached hydrogens (tertiary/aromatic N) is 3. The van der Waals surface area contributed by atoms with Gasteiger partial charge in [-0.1, -0.05) is 29.0 Å². The monoisotopic (exact) mass is 393 g/mol. The van der Waals surface area contributed by atoms with E-state index in [0.29, 0.717) is 18.1 Å². The van der Waals surface area contributed by atoms with Gasteiger partial charge in [0.15, 0.2) is 5.13 Å². The van der Waals surface area contributed by atoms with Crippen molar-refractivity contribution in [3.8, 4) is 5.75 Å². The van der Waals surface area contributed by atoms with Crippen LogP contribution in [0.5, 0.6) is 5.75 Å². The predicted molar refractivity (Wildman–Crippen MR) is 104 cm³/mol. The summed E-state index contributed by atoms with van der Waals surface area (Å²) in [6.45, 7) is 2.91. The van der Waals surface area contributed by atoms with Gasteiger partial charge in [-0.05, 0) is 23.6 Å². The van der Waals surface area contributed by atoms with Gasteiger partial charge in [-0.25, -0.2) is 4.98 Å². The van der Waals surface area contributed by atoms with Gasteiger partial charge in [-0.15, -0.1) is 11.3 Å². The molecule has 0 atom stereocenters. The normalized spacial score (nSPS) is 15.0. The number of thiophene rings is 1. The summed E-state index contributed by atoms with van der Waals surface area (Å²) in [6, 6.07) is 7.46. The van der Waals surface area contributed by atoms with Crippen LogP contribution in [0.3, 0.4) is 0 Å². The minimum Gasteiger partial charge on any atom is -0.494 e. The van der Waals surface area contributed by atoms with Crippen molar-refractivity contribution in [3.63, 3.8) is 0 Å². The molecule has 1 aromatic carbocycles. The summed E-state index contributed by atoms with van der Waals surface area (Å²) in [5.41, 5.74) is 0.798. The number of piperazine rings is 1. The number of hydrogen-bond donors (Lipinski definition) is 0. The van der Waals surface area contributed by atoms with Crippen molar-refractivity contribution in [2.75, 3.05) is 38.2 Å². The van der Waals surface area contributed by atoms with Gasteiger partial charge in [0, 0.05) is 26.2 Å². The molecule has 130 valence electrons. The van der Waals surface area contributed by atoms with Crippen molar-refractivity contribution in [3.05, 3.63) is 39.5 Å².